The summed E-state index contributed by atoms with van der Waals surface area (Å²) >= 11 is 3.30. The van der Waals surface area contributed by atoms with Gasteiger partial charge < -0.3 is 14.8 Å². The first-order chi connectivity index (χ1) is 14.5. The van der Waals surface area contributed by atoms with Gasteiger partial charge in [0.15, 0.2) is 11.5 Å². The Morgan fingerprint density at radius 1 is 1.17 bits per heavy atom. The third-order valence-corrected chi connectivity index (χ3v) is 6.10. The standard InChI is InChI=1S/C21H22BrN3O5/c22-17-10-16(25(27)28)6-7-18(17)23-21(26)12-24(15-3-1-2-4-15)11-14-5-8-19-20(9-14)30-13-29-19/h5-10,15H,1-4,11-13H2,(H,23,26). The summed E-state index contributed by atoms with van der Waals surface area (Å²) < 4.78 is 11.3. The number of nitrogens with zero attached hydrogens (tertiary/aromatic N) is 2. The van der Waals surface area contributed by atoms with Crippen molar-refractivity contribution in [3.8, 4) is 11.5 Å². The van der Waals surface area contributed by atoms with Crippen LogP contribution in [-0.2, 0) is 11.3 Å². The number of carbonyl (C=O) groups is 1. The highest BCUT2D eigenvalue weighted by atomic mass is 79.9. The van der Waals surface area contributed by atoms with Crippen molar-refractivity contribution < 1.29 is 19.2 Å². The van der Waals surface area contributed by atoms with E-state index in [1.54, 1.807) is 0 Å². The Hall–Kier alpha value is -2.65. The molecule has 1 saturated carbocycles. The summed E-state index contributed by atoms with van der Waals surface area (Å²) in [6.07, 6.45) is 4.47. The molecule has 1 N–H and O–H groups in total. The Morgan fingerprint density at radius 2 is 1.93 bits per heavy atom. The van der Waals surface area contributed by atoms with E-state index in [-0.39, 0.29) is 24.9 Å². The van der Waals surface area contributed by atoms with Gasteiger partial charge in [0.25, 0.3) is 5.69 Å². The second kappa shape index (κ2) is 9.01. The Balaban J connectivity index is 1.45. The highest BCUT2D eigenvalue weighted by molar-refractivity contribution is 9.10. The largest absolute Gasteiger partial charge is 0.454 e. The molecule has 0 spiro atoms. The van der Waals surface area contributed by atoms with E-state index in [2.05, 4.69) is 26.1 Å². The summed E-state index contributed by atoms with van der Waals surface area (Å²) in [5.74, 6) is 1.32. The van der Waals surface area contributed by atoms with Crippen LogP contribution in [0.5, 0.6) is 11.5 Å². The number of nitro benzene ring substituents is 1. The average Bonchev–Trinajstić information content (AvgIpc) is 3.40. The molecule has 0 aromatic heterocycles. The third-order valence-electron chi connectivity index (χ3n) is 5.45. The minimum atomic E-state index is -0.469. The summed E-state index contributed by atoms with van der Waals surface area (Å²) in [4.78, 5) is 25.4. The fraction of sp³-hybridized carbons (Fsp3) is 0.381. The van der Waals surface area contributed by atoms with Gasteiger partial charge in [0.05, 0.1) is 17.2 Å². The minimum Gasteiger partial charge on any atom is -0.454 e. The highest BCUT2D eigenvalue weighted by Gasteiger charge is 2.25. The third kappa shape index (κ3) is 4.73. The first kappa shape index (κ1) is 20.6. The molecule has 0 saturated heterocycles. The molecular formula is C21H22BrN3O5. The lowest BCUT2D eigenvalue weighted by Gasteiger charge is -2.28. The number of amides is 1. The van der Waals surface area contributed by atoms with Crippen molar-refractivity contribution in [1.82, 2.24) is 4.90 Å². The van der Waals surface area contributed by atoms with E-state index < -0.39 is 4.92 Å². The molecule has 1 amide bonds. The van der Waals surface area contributed by atoms with Gasteiger partial charge in [-0.3, -0.25) is 19.8 Å². The monoisotopic (exact) mass is 475 g/mol. The maximum atomic E-state index is 12.8. The lowest BCUT2D eigenvalue weighted by atomic mass is 10.1. The molecule has 0 bridgehead atoms. The number of non-ortho nitro benzene ring substituents is 1. The van der Waals surface area contributed by atoms with E-state index in [1.165, 1.54) is 18.2 Å². The number of hydrogen-bond donors (Lipinski definition) is 1. The number of nitrogens with one attached hydrogen (secondary N) is 1. The Morgan fingerprint density at radius 3 is 2.67 bits per heavy atom. The van der Waals surface area contributed by atoms with Gasteiger partial charge in [-0.1, -0.05) is 18.9 Å². The van der Waals surface area contributed by atoms with Crippen molar-refractivity contribution in [2.24, 2.45) is 0 Å². The SMILES string of the molecule is O=C(CN(Cc1ccc2c(c1)OCO2)C1CCCC1)Nc1ccc([N+](=O)[O-])cc1Br. The lowest BCUT2D eigenvalue weighted by molar-refractivity contribution is -0.384. The summed E-state index contributed by atoms with van der Waals surface area (Å²) in [5, 5.41) is 13.8. The van der Waals surface area contributed by atoms with Crippen LogP contribution in [0.3, 0.4) is 0 Å². The zero-order valence-electron chi connectivity index (χ0n) is 16.3. The van der Waals surface area contributed by atoms with E-state index in [0.29, 0.717) is 22.7 Å². The molecule has 0 atom stereocenters. The van der Waals surface area contributed by atoms with E-state index in [0.717, 1.165) is 42.7 Å². The van der Waals surface area contributed by atoms with Crippen molar-refractivity contribution in [2.75, 3.05) is 18.7 Å². The first-order valence-corrected chi connectivity index (χ1v) is 10.7. The van der Waals surface area contributed by atoms with Crippen molar-refractivity contribution >= 4 is 33.2 Å². The number of fused-ring (bicyclic) bond motifs is 1. The van der Waals surface area contributed by atoms with Gasteiger partial charge in [-0.05, 0) is 52.5 Å². The van der Waals surface area contributed by atoms with Crippen LogP contribution in [0, 0.1) is 10.1 Å². The topological polar surface area (TPSA) is 93.9 Å². The quantitative estimate of drug-likeness (QED) is 0.468. The zero-order chi connectivity index (χ0) is 21.1. The average molecular weight is 476 g/mol. The maximum Gasteiger partial charge on any atom is 0.270 e. The van der Waals surface area contributed by atoms with Crippen LogP contribution in [0.1, 0.15) is 31.2 Å². The Kier molecular flexibility index (Phi) is 6.19. The molecular weight excluding hydrogens is 454 g/mol. The molecule has 1 aliphatic heterocycles. The van der Waals surface area contributed by atoms with E-state index in [9.17, 15) is 14.9 Å². The normalized spacial score (nSPS) is 15.5. The number of nitro groups is 1. The van der Waals surface area contributed by atoms with Crippen LogP contribution in [0.4, 0.5) is 11.4 Å². The van der Waals surface area contributed by atoms with Crippen molar-refractivity contribution in [3.05, 3.63) is 56.5 Å². The van der Waals surface area contributed by atoms with Crippen LogP contribution >= 0.6 is 15.9 Å². The minimum absolute atomic E-state index is 0.0322. The van der Waals surface area contributed by atoms with Gasteiger partial charge in [0, 0.05) is 29.2 Å². The molecule has 9 heteroatoms. The number of benzene rings is 2. The number of anilines is 1. The van der Waals surface area contributed by atoms with Crippen LogP contribution in [0.2, 0.25) is 0 Å². The first-order valence-electron chi connectivity index (χ1n) is 9.86. The lowest BCUT2D eigenvalue weighted by Crippen LogP contribution is -2.39. The molecule has 1 aliphatic carbocycles. The van der Waals surface area contributed by atoms with Crippen molar-refractivity contribution in [1.29, 1.82) is 0 Å². The number of ether oxygens (including phenoxy) is 2. The molecule has 2 aromatic rings. The van der Waals surface area contributed by atoms with Crippen LogP contribution < -0.4 is 14.8 Å². The summed E-state index contributed by atoms with van der Waals surface area (Å²) in [6.45, 7) is 1.11. The number of rotatable bonds is 7. The summed E-state index contributed by atoms with van der Waals surface area (Å²) in [6, 6.07) is 10.5. The van der Waals surface area contributed by atoms with Gasteiger partial charge in [0.2, 0.25) is 12.7 Å². The van der Waals surface area contributed by atoms with E-state index in [4.69, 9.17) is 9.47 Å². The zero-order valence-corrected chi connectivity index (χ0v) is 17.9. The second-order valence-electron chi connectivity index (χ2n) is 7.50. The molecule has 4 rings (SSSR count). The molecule has 158 valence electrons. The second-order valence-corrected chi connectivity index (χ2v) is 8.35. The van der Waals surface area contributed by atoms with Crippen LogP contribution in [0.15, 0.2) is 40.9 Å². The molecule has 2 aromatic carbocycles. The van der Waals surface area contributed by atoms with Crippen LogP contribution in [-0.4, -0.2) is 35.1 Å². The predicted octanol–water partition coefficient (Wildman–Crippen LogP) is 4.47. The molecule has 1 fully saturated rings. The number of carbonyl (C=O) groups excluding carboxylic acids is 1. The predicted molar refractivity (Wildman–Crippen MR) is 115 cm³/mol. The Bertz CT molecular complexity index is 962. The number of halogens is 1. The van der Waals surface area contributed by atoms with Crippen LogP contribution in [0.25, 0.3) is 0 Å². The molecule has 8 nitrogen and oxygen atoms in total. The molecule has 0 unspecified atom stereocenters. The molecule has 30 heavy (non-hydrogen) atoms. The summed E-state index contributed by atoms with van der Waals surface area (Å²) in [5.41, 5.74) is 1.55. The van der Waals surface area contributed by atoms with Gasteiger partial charge in [-0.2, -0.15) is 0 Å². The van der Waals surface area contributed by atoms with E-state index >= 15 is 0 Å². The summed E-state index contributed by atoms with van der Waals surface area (Å²) in [7, 11) is 0. The van der Waals surface area contributed by atoms with Crippen molar-refractivity contribution in [2.45, 2.75) is 38.3 Å². The van der Waals surface area contributed by atoms with Gasteiger partial charge in [-0.25, -0.2) is 0 Å². The highest BCUT2D eigenvalue weighted by Crippen LogP contribution is 2.34. The Labute approximate surface area is 182 Å². The fourth-order valence-corrected chi connectivity index (χ4v) is 4.42. The van der Waals surface area contributed by atoms with E-state index in [1.807, 2.05) is 18.2 Å². The maximum absolute atomic E-state index is 12.8. The molecule has 0 radical (unpaired) electrons. The fourth-order valence-electron chi connectivity index (χ4n) is 3.95. The number of hydrogen-bond acceptors (Lipinski definition) is 6. The van der Waals surface area contributed by atoms with Crippen molar-refractivity contribution in [3.63, 3.8) is 0 Å². The van der Waals surface area contributed by atoms with Gasteiger partial charge >= 0.3 is 0 Å². The van der Waals surface area contributed by atoms with Gasteiger partial charge in [-0.15, -0.1) is 0 Å². The molecule has 1 heterocycles. The van der Waals surface area contributed by atoms with Gasteiger partial charge in [0.1, 0.15) is 0 Å². The smallest absolute Gasteiger partial charge is 0.270 e. The molecule has 2 aliphatic rings.